The fraction of sp³-hybridized carbons (Fsp3) is 1.00. The van der Waals surface area contributed by atoms with Crippen LogP contribution in [0.4, 0.5) is 0 Å². The van der Waals surface area contributed by atoms with Crippen molar-refractivity contribution in [3.63, 3.8) is 0 Å². The Morgan fingerprint density at radius 3 is 2.05 bits per heavy atom. The Bertz CT molecular complexity index is 195. The summed E-state index contributed by atoms with van der Waals surface area (Å²) in [5.74, 6) is 0.827. The van der Waals surface area contributed by atoms with Crippen molar-refractivity contribution in [2.24, 2.45) is 5.92 Å². The van der Waals surface area contributed by atoms with E-state index in [1.54, 1.807) is 0 Å². The molecule has 0 saturated heterocycles. The van der Waals surface area contributed by atoms with Gasteiger partial charge in [0.25, 0.3) is 0 Å². The van der Waals surface area contributed by atoms with Gasteiger partial charge in [-0.3, -0.25) is 0 Å². The van der Waals surface area contributed by atoms with Crippen LogP contribution in [0.5, 0.6) is 0 Å². The fourth-order valence-electron chi connectivity index (χ4n) is 2.62. The van der Waals surface area contributed by atoms with Crippen molar-refractivity contribution >= 4 is 23.0 Å². The molecule has 0 bridgehead atoms. The van der Waals surface area contributed by atoms with Gasteiger partial charge in [0.05, 0.1) is 18.3 Å². The molecule has 0 N–H and O–H groups in total. The molecular weight excluding hydrogens is 351 g/mol. The second-order valence-electron chi connectivity index (χ2n) is 5.75. The molecule has 3 heteroatoms. The molecule has 116 valence electrons. The van der Waals surface area contributed by atoms with Crippen LogP contribution in [0, 0.1) is 5.92 Å². The summed E-state index contributed by atoms with van der Waals surface area (Å²) >= 11 is 2.01. The topological polar surface area (TPSA) is 18.5 Å². The maximum absolute atomic E-state index is 6.11. The normalized spacial score (nSPS) is 18.0. The summed E-state index contributed by atoms with van der Waals surface area (Å²) in [5.41, 5.74) is 0. The van der Waals surface area contributed by atoms with Gasteiger partial charge in [-0.05, 0) is 45.4 Å². The van der Waals surface area contributed by atoms with Gasteiger partial charge < -0.3 is 7.80 Å². The van der Waals surface area contributed by atoms with E-state index in [0.29, 0.717) is 18.3 Å². The molecule has 0 aromatic carbocycles. The van der Waals surface area contributed by atoms with E-state index in [1.165, 1.54) is 25.7 Å². The van der Waals surface area contributed by atoms with Crippen molar-refractivity contribution in [1.82, 2.24) is 0 Å². The van der Waals surface area contributed by atoms with Crippen molar-refractivity contribution in [3.8, 4) is 0 Å². The van der Waals surface area contributed by atoms with E-state index < -0.39 is 0 Å². The summed E-state index contributed by atoms with van der Waals surface area (Å²) in [5, 5.41) is 0. The van der Waals surface area contributed by atoms with E-state index in [4.69, 9.17) is 7.80 Å². The molecule has 2 unspecified atom stereocenters. The number of hydrogen-bond donors (Lipinski definition) is 0. The highest BCUT2D eigenvalue weighted by Gasteiger charge is 2.15. The van der Waals surface area contributed by atoms with E-state index in [-0.39, 0.29) is 0 Å². The fourth-order valence-corrected chi connectivity index (χ4v) is 3.23. The Balaban J connectivity index is 3.87. The van der Waals surface area contributed by atoms with Crippen LogP contribution < -0.4 is 0 Å². The molecule has 0 spiro atoms. The molecule has 0 radical (unpaired) electrons. The summed E-state index contributed by atoms with van der Waals surface area (Å²) in [4.78, 5) is 0. The SMILES string of the molecule is CCCC(CC)C[C@H](C)O[C@H](C)CCC(CC)OI. The number of halogens is 1. The zero-order chi connectivity index (χ0) is 14.7. The maximum Gasteiger partial charge on any atom is 0.110 e. The second-order valence-corrected chi connectivity index (χ2v) is 6.26. The summed E-state index contributed by atoms with van der Waals surface area (Å²) in [6, 6.07) is 0. The average Bonchev–Trinajstić information content (AvgIpc) is 2.39. The van der Waals surface area contributed by atoms with Crippen molar-refractivity contribution in [2.45, 2.75) is 97.9 Å². The van der Waals surface area contributed by atoms with Gasteiger partial charge in [-0.15, -0.1) is 0 Å². The highest BCUT2D eigenvalue weighted by molar-refractivity contribution is 14.1. The van der Waals surface area contributed by atoms with Crippen molar-refractivity contribution < 1.29 is 7.80 Å². The molecule has 0 aliphatic carbocycles. The molecule has 4 atom stereocenters. The first kappa shape index (κ1) is 19.7. The lowest BCUT2D eigenvalue weighted by Crippen LogP contribution is -2.21. The van der Waals surface area contributed by atoms with Crippen LogP contribution in [0.3, 0.4) is 0 Å². The van der Waals surface area contributed by atoms with Gasteiger partial charge in [0.2, 0.25) is 0 Å². The Morgan fingerprint density at radius 1 is 0.895 bits per heavy atom. The van der Waals surface area contributed by atoms with Gasteiger partial charge in [0.1, 0.15) is 23.0 Å². The van der Waals surface area contributed by atoms with Gasteiger partial charge in [-0.25, -0.2) is 0 Å². The standard InChI is InChI=1S/C16H33IO2/c1-6-9-15(7-2)12-14(5)18-13(4)10-11-16(8-3)19-17/h13-16H,6-12H2,1-5H3/t13-,14+,15?,16?/m1/s1. The Morgan fingerprint density at radius 2 is 1.58 bits per heavy atom. The molecule has 0 aliphatic heterocycles. The molecule has 0 rings (SSSR count). The smallest absolute Gasteiger partial charge is 0.110 e. The first-order valence-electron chi connectivity index (χ1n) is 8.00. The monoisotopic (exact) mass is 384 g/mol. The molecule has 19 heavy (non-hydrogen) atoms. The Labute approximate surface area is 134 Å². The van der Waals surface area contributed by atoms with E-state index in [0.717, 1.165) is 25.2 Å². The van der Waals surface area contributed by atoms with Crippen molar-refractivity contribution in [3.05, 3.63) is 0 Å². The minimum atomic E-state index is 0.342. The van der Waals surface area contributed by atoms with Gasteiger partial charge in [-0.2, -0.15) is 0 Å². The number of hydrogen-bond acceptors (Lipinski definition) is 2. The van der Waals surface area contributed by atoms with Crippen LogP contribution in [0.1, 0.15) is 79.6 Å². The summed E-state index contributed by atoms with van der Waals surface area (Å²) in [7, 11) is 0. The van der Waals surface area contributed by atoms with Crippen LogP contribution in [0.2, 0.25) is 0 Å². The second kappa shape index (κ2) is 12.4. The minimum Gasteiger partial charge on any atom is -0.376 e. The van der Waals surface area contributed by atoms with E-state index in [1.807, 2.05) is 23.0 Å². The predicted molar refractivity (Wildman–Crippen MR) is 91.7 cm³/mol. The molecule has 0 fully saturated rings. The maximum atomic E-state index is 6.11. The molecule has 0 aromatic heterocycles. The van der Waals surface area contributed by atoms with Gasteiger partial charge in [-0.1, -0.05) is 40.0 Å². The highest BCUT2D eigenvalue weighted by Crippen LogP contribution is 2.21. The summed E-state index contributed by atoms with van der Waals surface area (Å²) in [6.07, 6.45) is 9.47. The quantitative estimate of drug-likeness (QED) is 0.389. The summed E-state index contributed by atoms with van der Waals surface area (Å²) in [6.45, 7) is 11.2. The molecule has 0 saturated carbocycles. The third kappa shape index (κ3) is 10.1. The first-order chi connectivity index (χ1) is 9.07. The van der Waals surface area contributed by atoms with Gasteiger partial charge >= 0.3 is 0 Å². The molecule has 0 amide bonds. The molecular formula is C16H33IO2. The van der Waals surface area contributed by atoms with Gasteiger partial charge in [0, 0.05) is 0 Å². The number of ether oxygens (including phenoxy) is 1. The first-order valence-corrected chi connectivity index (χ1v) is 8.88. The molecule has 2 nitrogen and oxygen atoms in total. The van der Waals surface area contributed by atoms with E-state index in [2.05, 4.69) is 34.6 Å². The lowest BCUT2D eigenvalue weighted by molar-refractivity contribution is -0.0131. The largest absolute Gasteiger partial charge is 0.376 e. The Hall–Kier alpha value is 0.650. The van der Waals surface area contributed by atoms with Crippen LogP contribution in [-0.4, -0.2) is 18.3 Å². The van der Waals surface area contributed by atoms with Crippen LogP contribution in [-0.2, 0) is 7.80 Å². The van der Waals surface area contributed by atoms with Crippen LogP contribution in [0.25, 0.3) is 0 Å². The average molecular weight is 384 g/mol. The minimum absolute atomic E-state index is 0.342. The summed E-state index contributed by atoms with van der Waals surface area (Å²) < 4.78 is 11.5. The van der Waals surface area contributed by atoms with Crippen molar-refractivity contribution in [1.29, 1.82) is 0 Å². The third-order valence-corrected chi connectivity index (χ3v) is 4.60. The number of rotatable bonds is 12. The van der Waals surface area contributed by atoms with Crippen molar-refractivity contribution in [2.75, 3.05) is 0 Å². The van der Waals surface area contributed by atoms with Crippen LogP contribution >= 0.6 is 23.0 Å². The van der Waals surface area contributed by atoms with Crippen LogP contribution in [0.15, 0.2) is 0 Å². The van der Waals surface area contributed by atoms with E-state index in [9.17, 15) is 0 Å². The van der Waals surface area contributed by atoms with E-state index >= 15 is 0 Å². The lowest BCUT2D eigenvalue weighted by atomic mass is 9.94. The molecule has 0 aromatic rings. The highest BCUT2D eigenvalue weighted by atomic mass is 127. The molecule has 0 aliphatic rings. The third-order valence-electron chi connectivity index (χ3n) is 3.88. The molecule has 0 heterocycles. The van der Waals surface area contributed by atoms with Gasteiger partial charge in [0.15, 0.2) is 0 Å². The predicted octanol–water partition coefficient (Wildman–Crippen LogP) is 5.92. The zero-order valence-corrected chi connectivity index (χ0v) is 15.6. The Kier molecular flexibility index (Phi) is 12.8. The zero-order valence-electron chi connectivity index (χ0n) is 13.5. The lowest BCUT2D eigenvalue weighted by Gasteiger charge is -2.24.